The molecule has 0 spiro atoms. The van der Waals surface area contributed by atoms with E-state index in [0.29, 0.717) is 0 Å². The molecule has 60 valence electrons. The van der Waals surface area contributed by atoms with Crippen LogP contribution in [0.1, 0.15) is 11.1 Å². The molecule has 1 heterocycles. The number of aromatic nitrogens is 2. The summed E-state index contributed by atoms with van der Waals surface area (Å²) in [5.74, 6) is 0. The van der Waals surface area contributed by atoms with Gasteiger partial charge < -0.3 is 0 Å². The van der Waals surface area contributed by atoms with Crippen LogP contribution < -0.4 is 0 Å². The van der Waals surface area contributed by atoms with Crippen LogP contribution in [0.4, 0.5) is 0 Å². The average Bonchev–Trinajstić information content (AvgIpc) is 2.07. The summed E-state index contributed by atoms with van der Waals surface area (Å²) in [5, 5.41) is 9.12. The summed E-state index contributed by atoms with van der Waals surface area (Å²) in [4.78, 5) is 0. The van der Waals surface area contributed by atoms with Gasteiger partial charge in [-0.3, -0.25) is 0 Å². The number of aryl methyl sites for hydroxylation is 2. The highest BCUT2D eigenvalue weighted by molar-refractivity contribution is 5.81. The van der Waals surface area contributed by atoms with Crippen LogP contribution in [0.2, 0.25) is 0 Å². The van der Waals surface area contributed by atoms with Crippen molar-refractivity contribution in [2.75, 3.05) is 0 Å². The molecule has 0 aliphatic carbocycles. The van der Waals surface area contributed by atoms with Gasteiger partial charge in [0.2, 0.25) is 0 Å². The first-order valence-electron chi connectivity index (χ1n) is 3.96. The van der Waals surface area contributed by atoms with Gasteiger partial charge in [-0.05, 0) is 31.5 Å². The van der Waals surface area contributed by atoms with E-state index in [4.69, 9.17) is 0 Å². The lowest BCUT2D eigenvalue weighted by Gasteiger charge is -1.99. The standard InChI is InChI=1S/C10H10N2/c1-7-3-4-10-9(5-7)8(2)6-11-12-10/h3-6H,1-2H3. The van der Waals surface area contributed by atoms with Crippen LogP contribution in [-0.4, -0.2) is 10.2 Å². The highest BCUT2D eigenvalue weighted by Gasteiger charge is 1.97. The highest BCUT2D eigenvalue weighted by Crippen LogP contribution is 2.15. The Morgan fingerprint density at radius 1 is 1.17 bits per heavy atom. The van der Waals surface area contributed by atoms with Gasteiger partial charge in [0.05, 0.1) is 11.7 Å². The van der Waals surface area contributed by atoms with Crippen molar-refractivity contribution in [2.24, 2.45) is 0 Å². The van der Waals surface area contributed by atoms with Crippen molar-refractivity contribution in [3.63, 3.8) is 0 Å². The minimum absolute atomic E-state index is 0.973. The van der Waals surface area contributed by atoms with Crippen molar-refractivity contribution in [3.05, 3.63) is 35.5 Å². The second-order valence-electron chi connectivity index (χ2n) is 3.05. The first-order chi connectivity index (χ1) is 5.77. The molecule has 0 N–H and O–H groups in total. The highest BCUT2D eigenvalue weighted by atomic mass is 15.1. The Bertz CT molecular complexity index is 421. The quantitative estimate of drug-likeness (QED) is 0.587. The predicted octanol–water partition coefficient (Wildman–Crippen LogP) is 2.25. The molecule has 2 rings (SSSR count). The molecule has 0 atom stereocenters. The maximum Gasteiger partial charge on any atom is 0.0932 e. The molecule has 0 saturated carbocycles. The fraction of sp³-hybridized carbons (Fsp3) is 0.200. The van der Waals surface area contributed by atoms with E-state index in [9.17, 15) is 0 Å². The largest absolute Gasteiger partial charge is 0.158 e. The van der Waals surface area contributed by atoms with Crippen LogP contribution in [0.15, 0.2) is 24.4 Å². The van der Waals surface area contributed by atoms with E-state index in [0.717, 1.165) is 5.52 Å². The van der Waals surface area contributed by atoms with Crippen LogP contribution in [0, 0.1) is 13.8 Å². The van der Waals surface area contributed by atoms with Crippen molar-refractivity contribution in [1.82, 2.24) is 10.2 Å². The molecule has 0 unspecified atom stereocenters. The van der Waals surface area contributed by atoms with Gasteiger partial charge in [-0.2, -0.15) is 10.2 Å². The van der Waals surface area contributed by atoms with E-state index < -0.39 is 0 Å². The van der Waals surface area contributed by atoms with E-state index in [1.165, 1.54) is 16.5 Å². The first-order valence-corrected chi connectivity index (χ1v) is 3.96. The molecule has 0 fully saturated rings. The van der Waals surface area contributed by atoms with E-state index >= 15 is 0 Å². The summed E-state index contributed by atoms with van der Waals surface area (Å²) in [6.07, 6.45) is 1.79. The fourth-order valence-electron chi connectivity index (χ4n) is 1.30. The van der Waals surface area contributed by atoms with Gasteiger partial charge in [-0.1, -0.05) is 11.6 Å². The lowest BCUT2D eigenvalue weighted by atomic mass is 10.1. The number of benzene rings is 1. The molecule has 12 heavy (non-hydrogen) atoms. The van der Waals surface area contributed by atoms with E-state index in [1.807, 2.05) is 6.07 Å². The van der Waals surface area contributed by atoms with Crippen molar-refractivity contribution >= 4 is 10.9 Å². The zero-order valence-electron chi connectivity index (χ0n) is 7.20. The summed E-state index contributed by atoms with van der Waals surface area (Å²) in [7, 11) is 0. The molecule has 1 aromatic heterocycles. The topological polar surface area (TPSA) is 25.8 Å². The lowest BCUT2D eigenvalue weighted by Crippen LogP contribution is -1.86. The summed E-state index contributed by atoms with van der Waals surface area (Å²) in [5.41, 5.74) is 3.42. The van der Waals surface area contributed by atoms with Crippen molar-refractivity contribution < 1.29 is 0 Å². The maximum atomic E-state index is 4.03. The maximum absolute atomic E-state index is 4.03. The van der Waals surface area contributed by atoms with E-state index in [-0.39, 0.29) is 0 Å². The Hall–Kier alpha value is -1.44. The number of hydrogen-bond acceptors (Lipinski definition) is 2. The first kappa shape index (κ1) is 7.22. The molecule has 2 nitrogen and oxygen atoms in total. The van der Waals surface area contributed by atoms with Gasteiger partial charge in [0.15, 0.2) is 0 Å². The zero-order valence-corrected chi connectivity index (χ0v) is 7.20. The summed E-state index contributed by atoms with van der Waals surface area (Å²) >= 11 is 0. The molecule has 0 amide bonds. The molecule has 0 aliphatic rings. The number of nitrogens with zero attached hydrogens (tertiary/aromatic N) is 2. The normalized spacial score (nSPS) is 10.5. The van der Waals surface area contributed by atoms with Gasteiger partial charge >= 0.3 is 0 Å². The van der Waals surface area contributed by atoms with Crippen LogP contribution in [0.25, 0.3) is 10.9 Å². The Morgan fingerprint density at radius 3 is 2.83 bits per heavy atom. The van der Waals surface area contributed by atoms with Gasteiger partial charge in [0.1, 0.15) is 0 Å². The SMILES string of the molecule is Cc1ccc2nncc(C)c2c1. The fourth-order valence-corrected chi connectivity index (χ4v) is 1.30. The van der Waals surface area contributed by atoms with Crippen molar-refractivity contribution in [1.29, 1.82) is 0 Å². The third kappa shape index (κ3) is 1.05. The molecule has 0 radical (unpaired) electrons. The van der Waals surface area contributed by atoms with Crippen LogP contribution >= 0.6 is 0 Å². The number of rotatable bonds is 0. The second-order valence-corrected chi connectivity index (χ2v) is 3.05. The van der Waals surface area contributed by atoms with Gasteiger partial charge in [-0.25, -0.2) is 0 Å². The average molecular weight is 158 g/mol. The van der Waals surface area contributed by atoms with E-state index in [2.05, 4.69) is 36.2 Å². The number of fused-ring (bicyclic) bond motifs is 1. The molecule has 1 aromatic carbocycles. The zero-order chi connectivity index (χ0) is 8.55. The van der Waals surface area contributed by atoms with E-state index in [1.54, 1.807) is 6.20 Å². The van der Waals surface area contributed by atoms with Gasteiger partial charge in [0, 0.05) is 5.39 Å². The molecule has 2 aromatic rings. The molecular formula is C10H10N2. The van der Waals surface area contributed by atoms with Crippen LogP contribution in [-0.2, 0) is 0 Å². The van der Waals surface area contributed by atoms with Gasteiger partial charge in [0.25, 0.3) is 0 Å². The van der Waals surface area contributed by atoms with Crippen molar-refractivity contribution in [3.8, 4) is 0 Å². The molecule has 0 saturated heterocycles. The predicted molar refractivity (Wildman–Crippen MR) is 49.0 cm³/mol. The summed E-state index contributed by atoms with van der Waals surface area (Å²) in [6.45, 7) is 4.13. The summed E-state index contributed by atoms with van der Waals surface area (Å²) < 4.78 is 0. The Morgan fingerprint density at radius 2 is 2.00 bits per heavy atom. The molecular weight excluding hydrogens is 148 g/mol. The monoisotopic (exact) mass is 158 g/mol. The van der Waals surface area contributed by atoms with Gasteiger partial charge in [-0.15, -0.1) is 0 Å². The minimum Gasteiger partial charge on any atom is -0.158 e. The Labute approximate surface area is 71.3 Å². The number of hydrogen-bond donors (Lipinski definition) is 0. The molecule has 0 bridgehead atoms. The molecule has 0 aliphatic heterocycles. The third-order valence-electron chi connectivity index (χ3n) is 1.99. The minimum atomic E-state index is 0.973. The smallest absolute Gasteiger partial charge is 0.0932 e. The third-order valence-corrected chi connectivity index (χ3v) is 1.99. The molecule has 2 heteroatoms. The Balaban J connectivity index is 2.88. The second kappa shape index (κ2) is 2.55. The Kier molecular flexibility index (Phi) is 1.54. The van der Waals surface area contributed by atoms with Crippen LogP contribution in [0.5, 0.6) is 0 Å². The van der Waals surface area contributed by atoms with Crippen molar-refractivity contribution in [2.45, 2.75) is 13.8 Å². The van der Waals surface area contributed by atoms with Crippen LogP contribution in [0.3, 0.4) is 0 Å². The lowest BCUT2D eigenvalue weighted by molar-refractivity contribution is 1.06. The summed E-state index contributed by atoms with van der Waals surface area (Å²) in [6, 6.07) is 6.19.